The number of nitrogens with zero attached hydrogens (tertiary/aromatic N) is 1. The first-order valence-corrected chi connectivity index (χ1v) is 5.71. The minimum absolute atomic E-state index is 0.346. The largest absolute Gasteiger partial charge is 0.378 e. The number of nitrogens with one attached hydrogen (secondary N) is 1. The van der Waals surface area contributed by atoms with Crippen LogP contribution in [0.25, 0.3) is 10.9 Å². The average Bonchev–Trinajstić information content (AvgIpc) is 2.72. The van der Waals surface area contributed by atoms with Gasteiger partial charge in [0, 0.05) is 25.3 Å². The molecule has 0 aliphatic carbocycles. The van der Waals surface area contributed by atoms with Gasteiger partial charge in [0.2, 0.25) is 0 Å². The number of rotatable bonds is 1. The van der Waals surface area contributed by atoms with Gasteiger partial charge in [-0.2, -0.15) is 0 Å². The summed E-state index contributed by atoms with van der Waals surface area (Å²) in [6, 6.07) is 9.12. The summed E-state index contributed by atoms with van der Waals surface area (Å²) in [6.07, 6.45) is 2.10. The molecule has 1 unspecified atom stereocenters. The van der Waals surface area contributed by atoms with E-state index in [0.717, 1.165) is 19.8 Å². The zero-order chi connectivity index (χ0) is 11.0. The summed E-state index contributed by atoms with van der Waals surface area (Å²) in [7, 11) is 2.07. The fourth-order valence-electron chi connectivity index (χ4n) is 2.30. The minimum Gasteiger partial charge on any atom is -0.378 e. The van der Waals surface area contributed by atoms with E-state index in [9.17, 15) is 0 Å². The highest BCUT2D eigenvalue weighted by molar-refractivity contribution is 5.80. The van der Waals surface area contributed by atoms with Crippen LogP contribution < -0.4 is 5.32 Å². The van der Waals surface area contributed by atoms with Crippen LogP contribution in [-0.4, -0.2) is 24.3 Å². The maximum absolute atomic E-state index is 5.49. The zero-order valence-electron chi connectivity index (χ0n) is 9.44. The van der Waals surface area contributed by atoms with E-state index in [-0.39, 0.29) is 0 Å². The van der Waals surface area contributed by atoms with Gasteiger partial charge in [-0.25, -0.2) is 0 Å². The van der Waals surface area contributed by atoms with Crippen LogP contribution in [0.1, 0.15) is 11.6 Å². The third-order valence-corrected chi connectivity index (χ3v) is 3.23. The maximum atomic E-state index is 5.49. The Morgan fingerprint density at radius 3 is 3.12 bits per heavy atom. The van der Waals surface area contributed by atoms with Crippen molar-refractivity contribution in [3.63, 3.8) is 0 Å². The molecular formula is C13H16N2O. The van der Waals surface area contributed by atoms with Crippen molar-refractivity contribution >= 4 is 10.9 Å². The number of ether oxygens (including phenoxy) is 1. The number of fused-ring (bicyclic) bond motifs is 1. The Morgan fingerprint density at radius 2 is 2.31 bits per heavy atom. The first-order valence-electron chi connectivity index (χ1n) is 5.71. The third-order valence-electron chi connectivity index (χ3n) is 3.23. The second kappa shape index (κ2) is 3.92. The molecule has 0 saturated carbocycles. The number of benzene rings is 1. The zero-order valence-corrected chi connectivity index (χ0v) is 9.44. The average molecular weight is 216 g/mol. The summed E-state index contributed by atoms with van der Waals surface area (Å²) in [5.41, 5.74) is 2.60. The Bertz CT molecular complexity index is 498. The lowest BCUT2D eigenvalue weighted by Crippen LogP contribution is -2.34. The van der Waals surface area contributed by atoms with Crippen molar-refractivity contribution in [2.24, 2.45) is 7.05 Å². The lowest BCUT2D eigenvalue weighted by molar-refractivity contribution is 0.0769. The fraction of sp³-hybridized carbons (Fsp3) is 0.385. The van der Waals surface area contributed by atoms with Crippen molar-refractivity contribution < 1.29 is 4.74 Å². The number of aromatic nitrogens is 1. The standard InChI is InChI=1S/C13H16N2O/c1-15-6-4-11-8-10(2-3-13(11)15)12-9-16-7-5-14-12/h2-4,6,8,12,14H,5,7,9H2,1H3. The number of hydrogen-bond acceptors (Lipinski definition) is 2. The van der Waals surface area contributed by atoms with E-state index in [2.05, 4.69) is 47.4 Å². The highest BCUT2D eigenvalue weighted by Gasteiger charge is 2.15. The van der Waals surface area contributed by atoms with Crippen molar-refractivity contribution in [1.82, 2.24) is 9.88 Å². The molecule has 1 aliphatic heterocycles. The van der Waals surface area contributed by atoms with E-state index in [4.69, 9.17) is 4.74 Å². The van der Waals surface area contributed by atoms with Crippen LogP contribution in [0, 0.1) is 0 Å². The molecule has 3 heteroatoms. The van der Waals surface area contributed by atoms with Crippen molar-refractivity contribution in [2.75, 3.05) is 19.8 Å². The van der Waals surface area contributed by atoms with E-state index in [0.29, 0.717) is 6.04 Å². The van der Waals surface area contributed by atoms with Gasteiger partial charge in [-0.15, -0.1) is 0 Å². The van der Waals surface area contributed by atoms with Crippen molar-refractivity contribution in [1.29, 1.82) is 0 Å². The Hall–Kier alpha value is -1.32. The van der Waals surface area contributed by atoms with Crippen LogP contribution in [0.15, 0.2) is 30.5 Å². The molecule has 0 radical (unpaired) electrons. The molecule has 2 aromatic rings. The molecule has 1 aliphatic rings. The summed E-state index contributed by atoms with van der Waals surface area (Å²) in [4.78, 5) is 0. The lowest BCUT2D eigenvalue weighted by atomic mass is 10.0. The predicted molar refractivity (Wildman–Crippen MR) is 64.5 cm³/mol. The van der Waals surface area contributed by atoms with Gasteiger partial charge in [0.05, 0.1) is 19.3 Å². The summed E-state index contributed by atoms with van der Waals surface area (Å²) in [6.45, 7) is 2.54. The highest BCUT2D eigenvalue weighted by atomic mass is 16.5. The van der Waals surface area contributed by atoms with Crippen LogP contribution in [0.2, 0.25) is 0 Å². The molecule has 84 valence electrons. The van der Waals surface area contributed by atoms with E-state index in [1.165, 1.54) is 16.5 Å². The molecule has 0 bridgehead atoms. The van der Waals surface area contributed by atoms with Gasteiger partial charge in [0.15, 0.2) is 0 Å². The summed E-state index contributed by atoms with van der Waals surface area (Å²) in [5, 5.41) is 4.77. The van der Waals surface area contributed by atoms with E-state index >= 15 is 0 Å². The molecule has 1 aromatic carbocycles. The van der Waals surface area contributed by atoms with Gasteiger partial charge < -0.3 is 14.6 Å². The number of hydrogen-bond donors (Lipinski definition) is 1. The normalized spacial score (nSPS) is 21.4. The lowest BCUT2D eigenvalue weighted by Gasteiger charge is -2.24. The smallest absolute Gasteiger partial charge is 0.0662 e. The van der Waals surface area contributed by atoms with Crippen LogP contribution in [0.3, 0.4) is 0 Å². The first kappa shape index (κ1) is 9.87. The van der Waals surface area contributed by atoms with E-state index < -0.39 is 0 Å². The van der Waals surface area contributed by atoms with Gasteiger partial charge >= 0.3 is 0 Å². The van der Waals surface area contributed by atoms with Crippen molar-refractivity contribution in [3.8, 4) is 0 Å². The maximum Gasteiger partial charge on any atom is 0.0662 e. The van der Waals surface area contributed by atoms with Gasteiger partial charge in [-0.1, -0.05) is 6.07 Å². The molecule has 3 rings (SSSR count). The Kier molecular flexibility index (Phi) is 2.42. The molecule has 16 heavy (non-hydrogen) atoms. The Morgan fingerprint density at radius 1 is 1.38 bits per heavy atom. The molecule has 0 amide bonds. The second-order valence-electron chi connectivity index (χ2n) is 4.33. The van der Waals surface area contributed by atoms with Gasteiger partial charge in [-0.05, 0) is 29.1 Å². The van der Waals surface area contributed by atoms with Crippen LogP contribution in [-0.2, 0) is 11.8 Å². The molecule has 3 nitrogen and oxygen atoms in total. The van der Waals surface area contributed by atoms with Crippen molar-refractivity contribution in [3.05, 3.63) is 36.0 Å². The van der Waals surface area contributed by atoms with E-state index in [1.54, 1.807) is 0 Å². The predicted octanol–water partition coefficient (Wildman–Crippen LogP) is 1.84. The fourth-order valence-corrected chi connectivity index (χ4v) is 2.30. The monoisotopic (exact) mass is 216 g/mol. The molecule has 1 atom stereocenters. The molecule has 1 aromatic heterocycles. The van der Waals surface area contributed by atoms with Crippen molar-refractivity contribution in [2.45, 2.75) is 6.04 Å². The number of aryl methyl sites for hydroxylation is 1. The highest BCUT2D eigenvalue weighted by Crippen LogP contribution is 2.22. The third kappa shape index (κ3) is 1.62. The summed E-state index contributed by atoms with van der Waals surface area (Å²) < 4.78 is 7.63. The second-order valence-corrected chi connectivity index (χ2v) is 4.33. The molecular weight excluding hydrogens is 200 g/mol. The quantitative estimate of drug-likeness (QED) is 0.787. The van der Waals surface area contributed by atoms with Crippen LogP contribution in [0.4, 0.5) is 0 Å². The topological polar surface area (TPSA) is 26.2 Å². The molecule has 1 saturated heterocycles. The van der Waals surface area contributed by atoms with Gasteiger partial charge in [0.1, 0.15) is 0 Å². The van der Waals surface area contributed by atoms with Gasteiger partial charge in [0.25, 0.3) is 0 Å². The summed E-state index contributed by atoms with van der Waals surface area (Å²) in [5.74, 6) is 0. The Balaban J connectivity index is 1.97. The van der Waals surface area contributed by atoms with E-state index in [1.807, 2.05) is 0 Å². The van der Waals surface area contributed by atoms with Crippen LogP contribution in [0.5, 0.6) is 0 Å². The molecule has 1 N–H and O–H groups in total. The SMILES string of the molecule is Cn1ccc2cc(C3COCCN3)ccc21. The minimum atomic E-state index is 0.346. The van der Waals surface area contributed by atoms with Gasteiger partial charge in [-0.3, -0.25) is 0 Å². The molecule has 1 fully saturated rings. The summed E-state index contributed by atoms with van der Waals surface area (Å²) >= 11 is 0. The first-order chi connectivity index (χ1) is 7.84. The number of morpholine rings is 1. The Labute approximate surface area is 95.0 Å². The molecule has 2 heterocycles. The molecule has 0 spiro atoms. The van der Waals surface area contributed by atoms with Crippen LogP contribution >= 0.6 is 0 Å².